The number of piperazine rings is 1. The van der Waals surface area contributed by atoms with Crippen LogP contribution in [0.1, 0.15) is 44.9 Å². The molecule has 4 rings (SSSR count). The Balaban J connectivity index is 1.31. The predicted octanol–water partition coefficient (Wildman–Crippen LogP) is 1.21. The predicted molar refractivity (Wildman–Crippen MR) is 78.5 cm³/mol. The third kappa shape index (κ3) is 2.48. The number of carbonyl (C=O) groups is 1. The van der Waals surface area contributed by atoms with Crippen LogP contribution in [0.25, 0.3) is 0 Å². The molecule has 2 saturated carbocycles. The molecule has 2 heterocycles. The highest BCUT2D eigenvalue weighted by atomic mass is 16.2. The summed E-state index contributed by atoms with van der Waals surface area (Å²) in [5.41, 5.74) is 0. The maximum atomic E-state index is 12.7. The molecule has 0 radical (unpaired) electrons. The summed E-state index contributed by atoms with van der Waals surface area (Å²) >= 11 is 0. The maximum Gasteiger partial charge on any atom is 0.239 e. The number of nitrogens with one attached hydrogen (secondary N) is 1. The third-order valence-electron chi connectivity index (χ3n) is 5.85. The highest BCUT2D eigenvalue weighted by Gasteiger charge is 2.40. The van der Waals surface area contributed by atoms with Gasteiger partial charge in [0.25, 0.3) is 0 Å². The summed E-state index contributed by atoms with van der Waals surface area (Å²) in [6.07, 6.45) is 9.16. The van der Waals surface area contributed by atoms with Crippen molar-refractivity contribution in [3.8, 4) is 0 Å². The van der Waals surface area contributed by atoms with E-state index in [0.717, 1.165) is 44.6 Å². The van der Waals surface area contributed by atoms with Crippen molar-refractivity contribution in [3.05, 3.63) is 0 Å². The molecule has 0 aromatic heterocycles. The van der Waals surface area contributed by atoms with Crippen LogP contribution in [-0.2, 0) is 4.79 Å². The van der Waals surface area contributed by atoms with Crippen molar-refractivity contribution in [2.75, 3.05) is 26.2 Å². The Morgan fingerprint density at radius 3 is 2.40 bits per heavy atom. The molecule has 1 amide bonds. The summed E-state index contributed by atoms with van der Waals surface area (Å²) in [5, 5.41) is 3.63. The summed E-state index contributed by atoms with van der Waals surface area (Å²) in [6.45, 7) is 4.08. The van der Waals surface area contributed by atoms with Gasteiger partial charge in [0.05, 0.1) is 6.04 Å². The van der Waals surface area contributed by atoms with Crippen LogP contribution in [0, 0.1) is 5.92 Å². The van der Waals surface area contributed by atoms with Crippen molar-refractivity contribution >= 4 is 5.91 Å². The average Bonchev–Trinajstić information content (AvgIpc) is 3.25. The van der Waals surface area contributed by atoms with Gasteiger partial charge in [-0.05, 0) is 38.0 Å². The molecule has 0 aromatic carbocycles. The zero-order chi connectivity index (χ0) is 13.5. The SMILES string of the molecule is O=C(C1CC2CCCCC2N1)N1CCN(C2CC2)CC1. The van der Waals surface area contributed by atoms with E-state index < -0.39 is 0 Å². The van der Waals surface area contributed by atoms with Gasteiger partial charge < -0.3 is 10.2 Å². The number of hydrogen-bond acceptors (Lipinski definition) is 3. The van der Waals surface area contributed by atoms with Gasteiger partial charge in [-0.1, -0.05) is 12.8 Å². The van der Waals surface area contributed by atoms with Crippen LogP contribution >= 0.6 is 0 Å². The molecule has 4 aliphatic rings. The van der Waals surface area contributed by atoms with Crippen LogP contribution in [-0.4, -0.2) is 60.0 Å². The van der Waals surface area contributed by atoms with Gasteiger partial charge in [0, 0.05) is 38.3 Å². The maximum absolute atomic E-state index is 12.7. The van der Waals surface area contributed by atoms with E-state index in [1.807, 2.05) is 0 Å². The van der Waals surface area contributed by atoms with Gasteiger partial charge in [0.1, 0.15) is 0 Å². The second kappa shape index (κ2) is 5.30. The summed E-state index contributed by atoms with van der Waals surface area (Å²) < 4.78 is 0. The molecule has 2 aliphatic heterocycles. The van der Waals surface area contributed by atoms with Crippen molar-refractivity contribution in [2.45, 2.75) is 63.1 Å². The Kier molecular flexibility index (Phi) is 3.47. The van der Waals surface area contributed by atoms with E-state index in [1.165, 1.54) is 38.5 Å². The lowest BCUT2D eigenvalue weighted by Gasteiger charge is -2.36. The minimum absolute atomic E-state index is 0.121. The first-order valence-corrected chi connectivity index (χ1v) is 8.60. The van der Waals surface area contributed by atoms with Crippen LogP contribution in [0.15, 0.2) is 0 Å². The molecular weight excluding hydrogens is 250 g/mol. The van der Waals surface area contributed by atoms with Crippen molar-refractivity contribution in [2.24, 2.45) is 5.92 Å². The lowest BCUT2D eigenvalue weighted by atomic mass is 9.85. The number of carbonyl (C=O) groups excluding carboxylic acids is 1. The molecule has 3 unspecified atom stereocenters. The molecule has 3 atom stereocenters. The zero-order valence-electron chi connectivity index (χ0n) is 12.4. The van der Waals surface area contributed by atoms with Gasteiger partial charge >= 0.3 is 0 Å². The molecule has 2 aliphatic carbocycles. The summed E-state index contributed by atoms with van der Waals surface area (Å²) in [5.74, 6) is 1.15. The number of rotatable bonds is 2. The van der Waals surface area contributed by atoms with Crippen LogP contribution in [0.3, 0.4) is 0 Å². The highest BCUT2D eigenvalue weighted by Crippen LogP contribution is 2.34. The lowest BCUT2D eigenvalue weighted by molar-refractivity contribution is -0.135. The second-order valence-electron chi connectivity index (χ2n) is 7.20. The van der Waals surface area contributed by atoms with E-state index in [0.29, 0.717) is 11.9 Å². The minimum atomic E-state index is 0.121. The monoisotopic (exact) mass is 277 g/mol. The molecular formula is C16H27N3O. The van der Waals surface area contributed by atoms with Crippen LogP contribution < -0.4 is 5.32 Å². The standard InChI is InChI=1S/C16H27N3O/c20-16(15-11-12-3-1-2-4-14(12)17-15)19-9-7-18(8-10-19)13-5-6-13/h12-15,17H,1-11H2. The van der Waals surface area contributed by atoms with Crippen LogP contribution in [0.2, 0.25) is 0 Å². The Morgan fingerprint density at radius 2 is 1.70 bits per heavy atom. The van der Waals surface area contributed by atoms with E-state index in [-0.39, 0.29) is 6.04 Å². The highest BCUT2D eigenvalue weighted by molar-refractivity contribution is 5.82. The molecule has 112 valence electrons. The lowest BCUT2D eigenvalue weighted by Crippen LogP contribution is -2.53. The first-order valence-electron chi connectivity index (χ1n) is 8.60. The average molecular weight is 277 g/mol. The number of nitrogens with zero attached hydrogens (tertiary/aromatic N) is 2. The van der Waals surface area contributed by atoms with Crippen LogP contribution in [0.4, 0.5) is 0 Å². The topological polar surface area (TPSA) is 35.6 Å². The fourth-order valence-electron chi connectivity index (χ4n) is 4.48. The third-order valence-corrected chi connectivity index (χ3v) is 5.85. The molecule has 4 fully saturated rings. The quantitative estimate of drug-likeness (QED) is 0.824. The van der Waals surface area contributed by atoms with Crippen LogP contribution in [0.5, 0.6) is 0 Å². The Bertz CT molecular complexity index is 360. The smallest absolute Gasteiger partial charge is 0.239 e. The fourth-order valence-corrected chi connectivity index (χ4v) is 4.48. The molecule has 4 nitrogen and oxygen atoms in total. The van der Waals surface area contributed by atoms with Crippen molar-refractivity contribution < 1.29 is 4.79 Å². The van der Waals surface area contributed by atoms with Gasteiger partial charge in [-0.15, -0.1) is 0 Å². The number of hydrogen-bond donors (Lipinski definition) is 1. The summed E-state index contributed by atoms with van der Waals surface area (Å²) in [7, 11) is 0. The van der Waals surface area contributed by atoms with E-state index in [9.17, 15) is 4.79 Å². The van der Waals surface area contributed by atoms with Crippen molar-refractivity contribution in [3.63, 3.8) is 0 Å². The first-order chi connectivity index (χ1) is 9.81. The van der Waals surface area contributed by atoms with Gasteiger partial charge in [0.2, 0.25) is 5.91 Å². The minimum Gasteiger partial charge on any atom is -0.339 e. The van der Waals surface area contributed by atoms with Crippen molar-refractivity contribution in [1.82, 2.24) is 15.1 Å². The normalized spacial score (nSPS) is 38.8. The fraction of sp³-hybridized carbons (Fsp3) is 0.938. The summed E-state index contributed by atoms with van der Waals surface area (Å²) in [4.78, 5) is 17.4. The Hall–Kier alpha value is -0.610. The van der Waals surface area contributed by atoms with Gasteiger partial charge in [-0.3, -0.25) is 9.69 Å². The van der Waals surface area contributed by atoms with E-state index in [2.05, 4.69) is 15.1 Å². The molecule has 0 aromatic rings. The van der Waals surface area contributed by atoms with Gasteiger partial charge in [-0.2, -0.15) is 0 Å². The van der Waals surface area contributed by atoms with E-state index in [4.69, 9.17) is 0 Å². The zero-order valence-corrected chi connectivity index (χ0v) is 12.4. The molecule has 1 N–H and O–H groups in total. The largest absolute Gasteiger partial charge is 0.339 e. The Labute approximate surface area is 121 Å². The number of fused-ring (bicyclic) bond motifs is 1. The molecule has 2 saturated heterocycles. The second-order valence-corrected chi connectivity index (χ2v) is 7.20. The van der Waals surface area contributed by atoms with E-state index in [1.54, 1.807) is 0 Å². The molecule has 20 heavy (non-hydrogen) atoms. The Morgan fingerprint density at radius 1 is 0.950 bits per heavy atom. The van der Waals surface area contributed by atoms with Gasteiger partial charge in [-0.25, -0.2) is 0 Å². The number of amides is 1. The van der Waals surface area contributed by atoms with Crippen molar-refractivity contribution in [1.29, 1.82) is 0 Å². The van der Waals surface area contributed by atoms with Gasteiger partial charge in [0.15, 0.2) is 0 Å². The molecule has 4 heteroatoms. The van der Waals surface area contributed by atoms with E-state index >= 15 is 0 Å². The first kappa shape index (κ1) is 13.1. The molecule has 0 bridgehead atoms. The molecule has 0 spiro atoms. The summed E-state index contributed by atoms with van der Waals surface area (Å²) in [6, 6.07) is 1.60.